The SMILES string of the molecule is C#CCC(C)(O)CC1CCC1. The lowest BCUT2D eigenvalue weighted by Gasteiger charge is -2.32. The van der Waals surface area contributed by atoms with Crippen LogP contribution in [0.3, 0.4) is 0 Å². The highest BCUT2D eigenvalue weighted by Gasteiger charge is 2.27. The summed E-state index contributed by atoms with van der Waals surface area (Å²) in [5.74, 6) is 3.25. The van der Waals surface area contributed by atoms with Crippen molar-refractivity contribution in [2.75, 3.05) is 0 Å². The van der Waals surface area contributed by atoms with E-state index in [9.17, 15) is 5.11 Å². The van der Waals surface area contributed by atoms with Gasteiger partial charge < -0.3 is 5.11 Å². The quantitative estimate of drug-likeness (QED) is 0.613. The van der Waals surface area contributed by atoms with E-state index in [4.69, 9.17) is 6.42 Å². The van der Waals surface area contributed by atoms with E-state index < -0.39 is 5.60 Å². The van der Waals surface area contributed by atoms with Crippen LogP contribution in [-0.4, -0.2) is 10.7 Å². The lowest BCUT2D eigenvalue weighted by molar-refractivity contribution is 0.0247. The van der Waals surface area contributed by atoms with Gasteiger partial charge in [-0.2, -0.15) is 0 Å². The first kappa shape index (κ1) is 8.62. The summed E-state index contributed by atoms with van der Waals surface area (Å²) in [5, 5.41) is 9.71. The minimum atomic E-state index is -0.611. The molecule has 0 aromatic carbocycles. The second-order valence-corrected chi connectivity index (χ2v) is 3.88. The van der Waals surface area contributed by atoms with Crippen LogP contribution in [0.1, 0.15) is 39.0 Å². The van der Waals surface area contributed by atoms with Gasteiger partial charge in [-0.05, 0) is 19.3 Å². The van der Waals surface area contributed by atoms with Gasteiger partial charge in [0, 0.05) is 6.42 Å². The Morgan fingerprint density at radius 3 is 2.64 bits per heavy atom. The van der Waals surface area contributed by atoms with Crippen LogP contribution in [0.25, 0.3) is 0 Å². The molecule has 0 aromatic rings. The molecule has 1 heteroatoms. The molecule has 1 nitrogen and oxygen atoms in total. The first-order valence-corrected chi connectivity index (χ1v) is 4.30. The minimum absolute atomic E-state index is 0.490. The summed E-state index contributed by atoms with van der Waals surface area (Å²) >= 11 is 0. The van der Waals surface area contributed by atoms with Crippen LogP contribution >= 0.6 is 0 Å². The predicted octanol–water partition coefficient (Wildman–Crippen LogP) is 1.95. The van der Waals surface area contributed by atoms with Crippen LogP contribution in [0.5, 0.6) is 0 Å². The average molecular weight is 152 g/mol. The zero-order valence-corrected chi connectivity index (χ0v) is 7.14. The van der Waals surface area contributed by atoms with Crippen LogP contribution in [0, 0.1) is 18.3 Å². The van der Waals surface area contributed by atoms with Gasteiger partial charge in [0.15, 0.2) is 0 Å². The molecule has 1 aliphatic rings. The third-order valence-electron chi connectivity index (χ3n) is 2.44. The minimum Gasteiger partial charge on any atom is -0.389 e. The molecular formula is C10H16O. The highest BCUT2D eigenvalue weighted by atomic mass is 16.3. The van der Waals surface area contributed by atoms with Crippen molar-refractivity contribution in [3.63, 3.8) is 0 Å². The standard InChI is InChI=1S/C10H16O/c1-3-7-10(2,11)8-9-5-4-6-9/h1,9,11H,4-8H2,2H3. The van der Waals surface area contributed by atoms with E-state index in [0.29, 0.717) is 6.42 Å². The fourth-order valence-corrected chi connectivity index (χ4v) is 1.61. The highest BCUT2D eigenvalue weighted by molar-refractivity contribution is 4.94. The van der Waals surface area contributed by atoms with E-state index in [0.717, 1.165) is 12.3 Å². The largest absolute Gasteiger partial charge is 0.389 e. The zero-order chi connectivity index (χ0) is 8.32. The van der Waals surface area contributed by atoms with Gasteiger partial charge in [0.2, 0.25) is 0 Å². The summed E-state index contributed by atoms with van der Waals surface area (Å²) in [4.78, 5) is 0. The topological polar surface area (TPSA) is 20.2 Å². The summed E-state index contributed by atoms with van der Waals surface area (Å²) in [7, 11) is 0. The van der Waals surface area contributed by atoms with Gasteiger partial charge in [-0.1, -0.05) is 19.3 Å². The fraction of sp³-hybridized carbons (Fsp3) is 0.800. The second kappa shape index (κ2) is 3.28. The molecule has 1 N–H and O–H groups in total. The van der Waals surface area contributed by atoms with Crippen molar-refractivity contribution in [2.45, 2.75) is 44.6 Å². The summed E-state index contributed by atoms with van der Waals surface area (Å²) in [6.45, 7) is 1.84. The first-order valence-electron chi connectivity index (χ1n) is 4.30. The van der Waals surface area contributed by atoms with Gasteiger partial charge in [-0.3, -0.25) is 0 Å². The predicted molar refractivity (Wildman–Crippen MR) is 46.0 cm³/mol. The van der Waals surface area contributed by atoms with Gasteiger partial charge in [0.1, 0.15) is 0 Å². The normalized spacial score (nSPS) is 23.4. The molecule has 0 bridgehead atoms. The van der Waals surface area contributed by atoms with Gasteiger partial charge >= 0.3 is 0 Å². The van der Waals surface area contributed by atoms with Crippen molar-refractivity contribution in [2.24, 2.45) is 5.92 Å². The first-order chi connectivity index (χ1) is 5.14. The van der Waals surface area contributed by atoms with Crippen molar-refractivity contribution in [1.29, 1.82) is 0 Å². The van der Waals surface area contributed by atoms with Crippen LogP contribution < -0.4 is 0 Å². The Kier molecular flexibility index (Phi) is 2.57. The molecule has 11 heavy (non-hydrogen) atoms. The fourth-order valence-electron chi connectivity index (χ4n) is 1.61. The van der Waals surface area contributed by atoms with E-state index in [2.05, 4.69) is 5.92 Å². The smallest absolute Gasteiger partial charge is 0.0731 e. The van der Waals surface area contributed by atoms with Gasteiger partial charge in [0.05, 0.1) is 5.60 Å². The maximum atomic E-state index is 9.71. The lowest BCUT2D eigenvalue weighted by Crippen LogP contribution is -2.29. The molecule has 1 rings (SSSR count). The Hall–Kier alpha value is -0.480. The Morgan fingerprint density at radius 2 is 2.27 bits per heavy atom. The van der Waals surface area contributed by atoms with E-state index in [-0.39, 0.29) is 0 Å². The average Bonchev–Trinajstić information content (AvgIpc) is 1.79. The number of hydrogen-bond donors (Lipinski definition) is 1. The van der Waals surface area contributed by atoms with Gasteiger partial charge in [-0.15, -0.1) is 12.3 Å². The van der Waals surface area contributed by atoms with E-state index in [1.54, 1.807) is 0 Å². The molecule has 0 radical (unpaired) electrons. The van der Waals surface area contributed by atoms with Gasteiger partial charge in [0.25, 0.3) is 0 Å². The lowest BCUT2D eigenvalue weighted by atomic mass is 9.77. The Bertz CT molecular complexity index is 160. The molecule has 1 unspecified atom stereocenters. The van der Waals surface area contributed by atoms with Crippen LogP contribution in [0.2, 0.25) is 0 Å². The summed E-state index contributed by atoms with van der Waals surface area (Å²) in [6.07, 6.45) is 10.4. The van der Waals surface area contributed by atoms with Crippen molar-refractivity contribution < 1.29 is 5.11 Å². The number of rotatable bonds is 3. The molecule has 0 saturated heterocycles. The molecule has 1 saturated carbocycles. The monoisotopic (exact) mass is 152 g/mol. The third kappa shape index (κ3) is 2.55. The van der Waals surface area contributed by atoms with Crippen LogP contribution in [0.15, 0.2) is 0 Å². The number of hydrogen-bond acceptors (Lipinski definition) is 1. The third-order valence-corrected chi connectivity index (χ3v) is 2.44. The Labute approximate surface area is 68.8 Å². The molecule has 1 aliphatic carbocycles. The maximum Gasteiger partial charge on any atom is 0.0731 e. The Morgan fingerprint density at radius 1 is 1.64 bits per heavy atom. The van der Waals surface area contributed by atoms with E-state index in [1.807, 2.05) is 6.92 Å². The van der Waals surface area contributed by atoms with E-state index >= 15 is 0 Å². The Balaban J connectivity index is 2.27. The molecule has 0 amide bonds. The molecule has 0 spiro atoms. The summed E-state index contributed by atoms with van der Waals surface area (Å²) in [6, 6.07) is 0. The van der Waals surface area contributed by atoms with Crippen molar-refractivity contribution in [1.82, 2.24) is 0 Å². The highest BCUT2D eigenvalue weighted by Crippen LogP contribution is 2.34. The maximum absolute atomic E-state index is 9.71. The summed E-state index contributed by atoms with van der Waals surface area (Å²) < 4.78 is 0. The van der Waals surface area contributed by atoms with Crippen molar-refractivity contribution in [3.8, 4) is 12.3 Å². The molecule has 0 aromatic heterocycles. The molecule has 1 fully saturated rings. The zero-order valence-electron chi connectivity index (χ0n) is 7.14. The molecule has 1 atom stereocenters. The van der Waals surface area contributed by atoms with Gasteiger partial charge in [-0.25, -0.2) is 0 Å². The summed E-state index contributed by atoms with van der Waals surface area (Å²) in [5.41, 5.74) is -0.611. The second-order valence-electron chi connectivity index (χ2n) is 3.88. The van der Waals surface area contributed by atoms with Crippen molar-refractivity contribution in [3.05, 3.63) is 0 Å². The number of aliphatic hydroxyl groups is 1. The van der Waals surface area contributed by atoms with Crippen LogP contribution in [-0.2, 0) is 0 Å². The molecule has 0 heterocycles. The molecular weight excluding hydrogens is 136 g/mol. The van der Waals surface area contributed by atoms with Crippen molar-refractivity contribution >= 4 is 0 Å². The van der Waals surface area contributed by atoms with E-state index in [1.165, 1.54) is 19.3 Å². The molecule has 0 aliphatic heterocycles. The number of terminal acetylenes is 1. The molecule has 62 valence electrons. The van der Waals surface area contributed by atoms with Crippen LogP contribution in [0.4, 0.5) is 0 Å².